The monoisotopic (exact) mass is 324 g/mol. The van der Waals surface area contributed by atoms with E-state index in [4.69, 9.17) is 0 Å². The van der Waals surface area contributed by atoms with E-state index in [0.29, 0.717) is 6.54 Å². The number of nitro benzene ring substituents is 1. The van der Waals surface area contributed by atoms with Crippen LogP contribution in [0.3, 0.4) is 0 Å². The van der Waals surface area contributed by atoms with Crippen LogP contribution in [-0.4, -0.2) is 11.5 Å². The predicted molar refractivity (Wildman–Crippen MR) is 79.1 cm³/mol. The molecule has 0 aliphatic heterocycles. The lowest BCUT2D eigenvalue weighted by Gasteiger charge is -2.07. The number of halogens is 1. The second-order valence-corrected chi connectivity index (χ2v) is 5.63. The molecule has 4 nitrogen and oxygen atoms in total. The van der Waals surface area contributed by atoms with Crippen LogP contribution in [0, 0.1) is 10.1 Å². The van der Waals surface area contributed by atoms with Crippen molar-refractivity contribution in [2.75, 3.05) is 6.54 Å². The summed E-state index contributed by atoms with van der Waals surface area (Å²) in [5, 5.41) is 14.2. The number of allylic oxidation sites excluding steroid dienone is 1. The van der Waals surface area contributed by atoms with E-state index in [0.717, 1.165) is 23.0 Å². The summed E-state index contributed by atoms with van der Waals surface area (Å²) >= 11 is 3.35. The summed E-state index contributed by atoms with van der Waals surface area (Å²) in [6.45, 7) is 1.40. The van der Waals surface area contributed by atoms with E-state index in [1.165, 1.54) is 24.8 Å². The molecule has 0 atom stereocenters. The molecule has 1 N–H and O–H groups in total. The zero-order chi connectivity index (χ0) is 13.7. The van der Waals surface area contributed by atoms with Crippen LogP contribution in [-0.2, 0) is 6.54 Å². The van der Waals surface area contributed by atoms with Gasteiger partial charge in [-0.25, -0.2) is 0 Å². The molecule has 0 bridgehead atoms. The molecule has 5 heteroatoms. The Bertz CT molecular complexity index is 500. The molecule has 1 aliphatic rings. The van der Waals surface area contributed by atoms with Gasteiger partial charge < -0.3 is 5.32 Å². The average Bonchev–Trinajstić information content (AvgIpc) is 2.87. The van der Waals surface area contributed by atoms with E-state index in [9.17, 15) is 10.1 Å². The van der Waals surface area contributed by atoms with Crippen molar-refractivity contribution in [1.29, 1.82) is 0 Å². The van der Waals surface area contributed by atoms with Crippen LogP contribution in [0.4, 0.5) is 5.69 Å². The van der Waals surface area contributed by atoms with Gasteiger partial charge in [-0.3, -0.25) is 10.1 Å². The molecule has 0 amide bonds. The highest BCUT2D eigenvalue weighted by Crippen LogP contribution is 2.23. The first-order valence-electron chi connectivity index (χ1n) is 6.48. The first-order valence-corrected chi connectivity index (χ1v) is 7.27. The van der Waals surface area contributed by atoms with E-state index in [1.807, 2.05) is 0 Å². The third-order valence-electron chi connectivity index (χ3n) is 3.31. The van der Waals surface area contributed by atoms with Crippen molar-refractivity contribution >= 4 is 21.6 Å². The van der Waals surface area contributed by atoms with Gasteiger partial charge in [-0.2, -0.15) is 0 Å². The molecule has 1 aromatic rings. The van der Waals surface area contributed by atoms with Crippen LogP contribution >= 0.6 is 15.9 Å². The molecule has 0 radical (unpaired) electrons. The summed E-state index contributed by atoms with van der Waals surface area (Å²) in [6, 6.07) is 5.05. The second-order valence-electron chi connectivity index (χ2n) is 4.71. The standard InChI is InChI=1S/C14H17BrN2O2/c15-13-5-6-14(17(18)19)12(9-13)10-16-8-7-11-3-1-2-4-11/h3,5-6,9,16H,1-2,4,7-8,10H2. The maximum absolute atomic E-state index is 10.9. The largest absolute Gasteiger partial charge is 0.312 e. The van der Waals surface area contributed by atoms with Gasteiger partial charge in [0, 0.05) is 22.6 Å². The third-order valence-corrected chi connectivity index (χ3v) is 3.80. The number of nitro groups is 1. The number of nitrogens with one attached hydrogen (secondary N) is 1. The van der Waals surface area contributed by atoms with Crippen molar-refractivity contribution in [3.05, 3.63) is 50.0 Å². The fourth-order valence-corrected chi connectivity index (χ4v) is 2.72. The Morgan fingerprint density at radius 3 is 2.95 bits per heavy atom. The van der Waals surface area contributed by atoms with Crippen molar-refractivity contribution in [3.8, 4) is 0 Å². The average molecular weight is 325 g/mol. The molecule has 102 valence electrons. The van der Waals surface area contributed by atoms with Gasteiger partial charge in [0.2, 0.25) is 0 Å². The highest BCUT2D eigenvalue weighted by atomic mass is 79.9. The second kappa shape index (κ2) is 6.82. The minimum absolute atomic E-state index is 0.177. The Labute approximate surface area is 121 Å². The normalized spacial score (nSPS) is 14.5. The van der Waals surface area contributed by atoms with Gasteiger partial charge in [-0.15, -0.1) is 0 Å². The van der Waals surface area contributed by atoms with Gasteiger partial charge in [0.05, 0.1) is 4.92 Å². The third kappa shape index (κ3) is 4.14. The smallest absolute Gasteiger partial charge is 0.273 e. The van der Waals surface area contributed by atoms with Gasteiger partial charge in [0.15, 0.2) is 0 Å². The molecule has 0 spiro atoms. The lowest BCUT2D eigenvalue weighted by atomic mass is 10.1. The molecule has 0 fully saturated rings. The van der Waals surface area contributed by atoms with Gasteiger partial charge >= 0.3 is 0 Å². The fourth-order valence-electron chi connectivity index (χ4n) is 2.31. The van der Waals surface area contributed by atoms with E-state index in [-0.39, 0.29) is 10.6 Å². The Hall–Kier alpha value is -1.20. The molecule has 0 saturated carbocycles. The van der Waals surface area contributed by atoms with Crippen LogP contribution in [0.1, 0.15) is 31.2 Å². The van der Waals surface area contributed by atoms with E-state index < -0.39 is 0 Å². The predicted octanol–water partition coefficient (Wildman–Crippen LogP) is 3.95. The van der Waals surface area contributed by atoms with Gasteiger partial charge in [-0.05, 0) is 44.4 Å². The summed E-state index contributed by atoms with van der Waals surface area (Å²) in [4.78, 5) is 10.6. The zero-order valence-electron chi connectivity index (χ0n) is 10.7. The van der Waals surface area contributed by atoms with E-state index in [1.54, 1.807) is 18.2 Å². The zero-order valence-corrected chi connectivity index (χ0v) is 12.3. The van der Waals surface area contributed by atoms with E-state index >= 15 is 0 Å². The maximum Gasteiger partial charge on any atom is 0.273 e. The summed E-state index contributed by atoms with van der Waals surface area (Å²) in [7, 11) is 0. The van der Waals surface area contributed by atoms with Crippen LogP contribution in [0.25, 0.3) is 0 Å². The Morgan fingerprint density at radius 2 is 2.26 bits per heavy atom. The molecular weight excluding hydrogens is 308 g/mol. The molecule has 0 unspecified atom stereocenters. The summed E-state index contributed by atoms with van der Waals surface area (Å²) in [5.74, 6) is 0. The lowest BCUT2D eigenvalue weighted by molar-refractivity contribution is -0.385. The molecule has 1 aromatic carbocycles. The number of benzene rings is 1. The minimum Gasteiger partial charge on any atom is -0.312 e. The number of hydrogen-bond acceptors (Lipinski definition) is 3. The SMILES string of the molecule is O=[N+]([O-])c1ccc(Br)cc1CNCCC1=CCCC1. The van der Waals surface area contributed by atoms with Gasteiger partial charge in [-0.1, -0.05) is 27.6 Å². The van der Waals surface area contributed by atoms with Crippen molar-refractivity contribution in [2.45, 2.75) is 32.2 Å². The van der Waals surface area contributed by atoms with Crippen molar-refractivity contribution in [1.82, 2.24) is 5.32 Å². The Morgan fingerprint density at radius 1 is 1.42 bits per heavy atom. The topological polar surface area (TPSA) is 55.2 Å². The van der Waals surface area contributed by atoms with Crippen molar-refractivity contribution in [3.63, 3.8) is 0 Å². The molecular formula is C14H17BrN2O2. The molecule has 2 rings (SSSR count). The lowest BCUT2D eigenvalue weighted by Crippen LogP contribution is -2.16. The summed E-state index contributed by atoms with van der Waals surface area (Å²) in [6.07, 6.45) is 7.03. The highest BCUT2D eigenvalue weighted by molar-refractivity contribution is 9.10. The first-order chi connectivity index (χ1) is 9.16. The van der Waals surface area contributed by atoms with Crippen LogP contribution in [0.2, 0.25) is 0 Å². The highest BCUT2D eigenvalue weighted by Gasteiger charge is 2.13. The number of hydrogen-bond donors (Lipinski definition) is 1. The first kappa shape index (κ1) is 14.2. The summed E-state index contributed by atoms with van der Waals surface area (Å²) in [5.41, 5.74) is 2.41. The molecule has 0 saturated heterocycles. The number of rotatable bonds is 6. The van der Waals surface area contributed by atoms with Crippen molar-refractivity contribution < 1.29 is 4.92 Å². The maximum atomic E-state index is 10.9. The molecule has 1 aliphatic carbocycles. The minimum atomic E-state index is -0.330. The summed E-state index contributed by atoms with van der Waals surface area (Å²) < 4.78 is 0.869. The number of nitrogens with zero attached hydrogens (tertiary/aromatic N) is 1. The molecule has 0 heterocycles. The Kier molecular flexibility index (Phi) is 5.10. The van der Waals surface area contributed by atoms with Crippen LogP contribution < -0.4 is 5.32 Å². The van der Waals surface area contributed by atoms with Crippen molar-refractivity contribution in [2.24, 2.45) is 0 Å². The van der Waals surface area contributed by atoms with E-state index in [2.05, 4.69) is 27.3 Å². The fraction of sp³-hybridized carbons (Fsp3) is 0.429. The van der Waals surface area contributed by atoms with Crippen LogP contribution in [0.15, 0.2) is 34.3 Å². The molecule has 19 heavy (non-hydrogen) atoms. The molecule has 0 aromatic heterocycles. The quantitative estimate of drug-likeness (QED) is 0.373. The Balaban J connectivity index is 1.87. The van der Waals surface area contributed by atoms with Crippen LogP contribution in [0.5, 0.6) is 0 Å². The van der Waals surface area contributed by atoms with Gasteiger partial charge in [0.1, 0.15) is 0 Å². The van der Waals surface area contributed by atoms with Gasteiger partial charge in [0.25, 0.3) is 5.69 Å².